The molecule has 0 saturated heterocycles. The maximum Gasteiger partial charge on any atom is 0.144 e. The van der Waals surface area contributed by atoms with Crippen LogP contribution in [0.4, 0.5) is 0 Å². The van der Waals surface area contributed by atoms with E-state index in [1.54, 1.807) is 0 Å². The van der Waals surface area contributed by atoms with E-state index in [9.17, 15) is 4.79 Å². The zero-order valence-electron chi connectivity index (χ0n) is 8.50. The van der Waals surface area contributed by atoms with Crippen LogP contribution in [0.15, 0.2) is 36.4 Å². The van der Waals surface area contributed by atoms with Gasteiger partial charge < -0.3 is 0 Å². The Bertz CT molecular complexity index is 376. The Morgan fingerprint density at radius 1 is 1.20 bits per heavy atom. The summed E-state index contributed by atoms with van der Waals surface area (Å²) in [4.78, 5) is 11.8. The number of Topliss-reactive ketones (excluding diaryl/α,β-unsaturated/α-hetero) is 1. The summed E-state index contributed by atoms with van der Waals surface area (Å²) in [6, 6.07) is 7.49. The van der Waals surface area contributed by atoms with Gasteiger partial charge in [-0.3, -0.25) is 4.79 Å². The molecule has 1 unspecified atom stereocenters. The van der Waals surface area contributed by atoms with Gasteiger partial charge >= 0.3 is 0 Å². The summed E-state index contributed by atoms with van der Waals surface area (Å²) in [6.07, 6.45) is 2.58. The van der Waals surface area contributed by atoms with Gasteiger partial charge in [-0.1, -0.05) is 35.9 Å². The van der Waals surface area contributed by atoms with Crippen LogP contribution in [0.2, 0.25) is 5.02 Å². The quantitative estimate of drug-likeness (QED) is 0.659. The van der Waals surface area contributed by atoms with Gasteiger partial charge in [0, 0.05) is 11.4 Å². The van der Waals surface area contributed by atoms with Crippen molar-refractivity contribution in [1.29, 1.82) is 0 Å². The number of carbonyl (C=O) groups is 1. The first-order valence-electron chi connectivity index (χ1n) is 5.14. The molecule has 1 atom stereocenters. The summed E-state index contributed by atoms with van der Waals surface area (Å²) in [5.41, 5.74) is 2.06. The van der Waals surface area contributed by atoms with Crippen molar-refractivity contribution in [2.75, 3.05) is 0 Å². The lowest BCUT2D eigenvalue weighted by Gasteiger charge is -2.23. The number of hydrogen-bond donors (Lipinski definition) is 0. The lowest BCUT2D eigenvalue weighted by atomic mass is 9.80. The molecule has 0 aromatic heterocycles. The fourth-order valence-electron chi connectivity index (χ4n) is 2.08. The van der Waals surface area contributed by atoms with E-state index in [0.29, 0.717) is 11.4 Å². The maximum absolute atomic E-state index is 11.8. The van der Waals surface area contributed by atoms with Crippen LogP contribution in [0.3, 0.4) is 0 Å². The number of hydrogen-bond acceptors (Lipinski definition) is 1. The molecule has 1 aromatic carbocycles. The van der Waals surface area contributed by atoms with Gasteiger partial charge in [0.2, 0.25) is 0 Å². The summed E-state index contributed by atoms with van der Waals surface area (Å²) in [5.74, 6) is 0.185. The summed E-state index contributed by atoms with van der Waals surface area (Å²) in [7, 11) is 0. The molecule has 1 aliphatic carbocycles. The smallest absolute Gasteiger partial charge is 0.144 e. The molecule has 0 amide bonds. The minimum Gasteiger partial charge on any atom is -0.299 e. The molecule has 1 fully saturated rings. The fraction of sp³-hybridized carbons (Fsp3) is 0.308. The number of rotatable bonds is 1. The molecule has 0 spiro atoms. The van der Waals surface area contributed by atoms with Gasteiger partial charge in [-0.05, 0) is 30.5 Å². The van der Waals surface area contributed by atoms with Crippen molar-refractivity contribution in [3.63, 3.8) is 0 Å². The Hall–Kier alpha value is -1.08. The average Bonchev–Trinajstić information content (AvgIpc) is 2.20. The molecule has 0 bridgehead atoms. The molecule has 2 heteroatoms. The number of benzene rings is 1. The summed E-state index contributed by atoms with van der Waals surface area (Å²) >= 11 is 5.82. The van der Waals surface area contributed by atoms with Crippen LogP contribution >= 0.6 is 11.6 Å². The summed E-state index contributed by atoms with van der Waals surface area (Å²) < 4.78 is 0. The molecule has 78 valence electrons. The molecule has 0 aliphatic heterocycles. The van der Waals surface area contributed by atoms with Crippen molar-refractivity contribution in [2.24, 2.45) is 0 Å². The van der Waals surface area contributed by atoms with Crippen LogP contribution in [0.5, 0.6) is 0 Å². The predicted molar refractivity (Wildman–Crippen MR) is 62.2 cm³/mol. The zero-order chi connectivity index (χ0) is 10.8. The Balaban J connectivity index is 2.31. The largest absolute Gasteiger partial charge is 0.299 e. The van der Waals surface area contributed by atoms with Crippen molar-refractivity contribution >= 4 is 17.4 Å². The minimum absolute atomic E-state index is 0.101. The van der Waals surface area contributed by atoms with Crippen molar-refractivity contribution in [1.82, 2.24) is 0 Å². The molecule has 2 rings (SSSR count). The van der Waals surface area contributed by atoms with Gasteiger partial charge in [-0.25, -0.2) is 0 Å². The Kier molecular flexibility index (Phi) is 2.92. The van der Waals surface area contributed by atoms with Crippen molar-refractivity contribution in [2.45, 2.75) is 25.2 Å². The van der Waals surface area contributed by atoms with E-state index in [1.807, 2.05) is 24.3 Å². The maximum atomic E-state index is 11.8. The molecule has 0 heterocycles. The number of ketones is 1. The predicted octanol–water partition coefficient (Wildman–Crippen LogP) is 3.73. The van der Waals surface area contributed by atoms with E-state index >= 15 is 0 Å². The Morgan fingerprint density at radius 3 is 2.47 bits per heavy atom. The molecule has 15 heavy (non-hydrogen) atoms. The highest BCUT2D eigenvalue weighted by Gasteiger charge is 2.26. The number of allylic oxidation sites excluding steroid dienone is 1. The van der Waals surface area contributed by atoms with E-state index in [1.165, 1.54) is 0 Å². The van der Waals surface area contributed by atoms with Crippen LogP contribution in [0.1, 0.15) is 30.7 Å². The molecule has 1 nitrogen and oxygen atoms in total. The van der Waals surface area contributed by atoms with Gasteiger partial charge in [0.25, 0.3) is 0 Å². The zero-order valence-corrected chi connectivity index (χ0v) is 9.26. The second-order valence-corrected chi connectivity index (χ2v) is 4.40. The summed E-state index contributed by atoms with van der Waals surface area (Å²) in [6.45, 7) is 3.99. The Labute approximate surface area is 94.8 Å². The van der Waals surface area contributed by atoms with Crippen LogP contribution in [-0.4, -0.2) is 5.78 Å². The molecular weight excluding hydrogens is 208 g/mol. The van der Waals surface area contributed by atoms with Gasteiger partial charge in [-0.15, -0.1) is 0 Å². The molecule has 1 aliphatic rings. The standard InChI is InChI=1S/C13H13ClO/c1-9-3-2-4-12(15)13(9)10-5-7-11(14)8-6-10/h5-8,13H,1-4H2. The highest BCUT2D eigenvalue weighted by Crippen LogP contribution is 2.33. The van der Waals surface area contributed by atoms with Gasteiger partial charge in [0.1, 0.15) is 5.78 Å². The van der Waals surface area contributed by atoms with Crippen LogP contribution in [0.25, 0.3) is 0 Å². The van der Waals surface area contributed by atoms with E-state index in [2.05, 4.69) is 6.58 Å². The molecule has 0 radical (unpaired) electrons. The topological polar surface area (TPSA) is 17.1 Å². The average molecular weight is 221 g/mol. The Morgan fingerprint density at radius 2 is 1.87 bits per heavy atom. The van der Waals surface area contributed by atoms with Gasteiger partial charge in [0.15, 0.2) is 0 Å². The molecule has 1 aromatic rings. The van der Waals surface area contributed by atoms with E-state index in [4.69, 9.17) is 11.6 Å². The van der Waals surface area contributed by atoms with Crippen molar-refractivity contribution in [3.05, 3.63) is 47.0 Å². The second-order valence-electron chi connectivity index (χ2n) is 3.96. The second kappa shape index (κ2) is 4.19. The highest BCUT2D eigenvalue weighted by atomic mass is 35.5. The lowest BCUT2D eigenvalue weighted by Crippen LogP contribution is -2.19. The minimum atomic E-state index is -0.101. The third-order valence-electron chi connectivity index (χ3n) is 2.85. The third kappa shape index (κ3) is 2.13. The first-order chi connectivity index (χ1) is 7.18. The van der Waals surface area contributed by atoms with E-state index in [-0.39, 0.29) is 11.7 Å². The van der Waals surface area contributed by atoms with Crippen molar-refractivity contribution in [3.8, 4) is 0 Å². The molecular formula is C13H13ClO. The molecule has 0 N–H and O–H groups in total. The number of halogens is 1. The monoisotopic (exact) mass is 220 g/mol. The van der Waals surface area contributed by atoms with Gasteiger partial charge in [-0.2, -0.15) is 0 Å². The SMILES string of the molecule is C=C1CCCC(=O)C1c1ccc(Cl)cc1. The van der Waals surface area contributed by atoms with Crippen LogP contribution in [-0.2, 0) is 4.79 Å². The number of carbonyl (C=O) groups excluding carboxylic acids is 1. The fourth-order valence-corrected chi connectivity index (χ4v) is 2.21. The van der Waals surface area contributed by atoms with E-state index in [0.717, 1.165) is 24.0 Å². The van der Waals surface area contributed by atoms with Crippen LogP contribution in [0, 0.1) is 0 Å². The summed E-state index contributed by atoms with van der Waals surface area (Å²) in [5, 5.41) is 0.702. The molecule has 1 saturated carbocycles. The first kappa shape index (κ1) is 10.4. The van der Waals surface area contributed by atoms with Crippen LogP contribution < -0.4 is 0 Å². The lowest BCUT2D eigenvalue weighted by molar-refractivity contribution is -0.120. The normalized spacial score (nSPS) is 21.8. The highest BCUT2D eigenvalue weighted by molar-refractivity contribution is 6.30. The van der Waals surface area contributed by atoms with Crippen molar-refractivity contribution < 1.29 is 4.79 Å². The first-order valence-corrected chi connectivity index (χ1v) is 5.52. The van der Waals surface area contributed by atoms with E-state index < -0.39 is 0 Å². The van der Waals surface area contributed by atoms with Gasteiger partial charge in [0.05, 0.1) is 5.92 Å². The third-order valence-corrected chi connectivity index (χ3v) is 3.11.